The van der Waals surface area contributed by atoms with Gasteiger partial charge in [0, 0.05) is 42.1 Å². The van der Waals surface area contributed by atoms with Crippen molar-refractivity contribution >= 4 is 22.4 Å². The van der Waals surface area contributed by atoms with Crippen LogP contribution in [0, 0.1) is 11.6 Å². The molecule has 5 rings (SSSR count). The van der Waals surface area contributed by atoms with Crippen molar-refractivity contribution in [1.29, 1.82) is 0 Å². The number of benzene rings is 2. The van der Waals surface area contributed by atoms with Crippen LogP contribution < -0.4 is 14.8 Å². The zero-order chi connectivity index (χ0) is 28.9. The standard InChI is InChI=1S/C28H24F4N6O3/c1-39-9-10-41-17-12-20(29)19(21(30)13-17)15-38-23-6-4-3-5-18(23)25(37-38)28-34-14-24(40-2)27(36-28)35-16-7-8-33-22(11-16)26(31)32/h3-8,11-14,26H,9-10,15H2,1-2H3,(H,33,34,35,36). The second kappa shape index (κ2) is 12.2. The highest BCUT2D eigenvalue weighted by Gasteiger charge is 2.20. The monoisotopic (exact) mass is 568 g/mol. The number of alkyl halides is 2. The highest BCUT2D eigenvalue weighted by atomic mass is 19.3. The number of ether oxygens (including phenoxy) is 3. The minimum absolute atomic E-state index is 0.0494. The summed E-state index contributed by atoms with van der Waals surface area (Å²) in [6.07, 6.45) is -0.0802. The van der Waals surface area contributed by atoms with E-state index in [0.717, 1.165) is 12.1 Å². The van der Waals surface area contributed by atoms with E-state index >= 15 is 0 Å². The van der Waals surface area contributed by atoms with Gasteiger partial charge in [-0.3, -0.25) is 9.67 Å². The van der Waals surface area contributed by atoms with Crippen molar-refractivity contribution in [3.8, 4) is 23.0 Å². The molecule has 0 atom stereocenters. The fourth-order valence-corrected chi connectivity index (χ4v) is 4.13. The van der Waals surface area contributed by atoms with Crippen LogP contribution in [0.25, 0.3) is 22.4 Å². The fourth-order valence-electron chi connectivity index (χ4n) is 4.13. The van der Waals surface area contributed by atoms with Gasteiger partial charge in [0.1, 0.15) is 35.4 Å². The van der Waals surface area contributed by atoms with Crippen LogP contribution in [0.1, 0.15) is 17.7 Å². The average Bonchev–Trinajstić information content (AvgIpc) is 3.33. The molecule has 0 unspecified atom stereocenters. The summed E-state index contributed by atoms with van der Waals surface area (Å²) in [6, 6.07) is 12.0. The smallest absolute Gasteiger partial charge is 0.280 e. The lowest BCUT2D eigenvalue weighted by molar-refractivity contribution is 0.146. The Morgan fingerprint density at radius 2 is 1.76 bits per heavy atom. The lowest BCUT2D eigenvalue weighted by Gasteiger charge is -2.11. The Hall–Kier alpha value is -4.78. The quantitative estimate of drug-likeness (QED) is 0.155. The van der Waals surface area contributed by atoms with E-state index in [2.05, 4.69) is 25.4 Å². The molecule has 0 radical (unpaired) electrons. The van der Waals surface area contributed by atoms with Crippen LogP contribution in [0.5, 0.6) is 11.5 Å². The van der Waals surface area contributed by atoms with Gasteiger partial charge < -0.3 is 19.5 Å². The van der Waals surface area contributed by atoms with E-state index in [1.165, 1.54) is 43.4 Å². The molecule has 2 aromatic carbocycles. The molecule has 0 aliphatic carbocycles. The van der Waals surface area contributed by atoms with Gasteiger partial charge in [0.25, 0.3) is 6.43 Å². The zero-order valence-corrected chi connectivity index (χ0v) is 21.9. The van der Waals surface area contributed by atoms with E-state index in [-0.39, 0.29) is 48.5 Å². The summed E-state index contributed by atoms with van der Waals surface area (Å²) >= 11 is 0. The van der Waals surface area contributed by atoms with Crippen LogP contribution in [0.3, 0.4) is 0 Å². The number of fused-ring (bicyclic) bond motifs is 1. The van der Waals surface area contributed by atoms with Gasteiger partial charge in [0.15, 0.2) is 17.4 Å². The summed E-state index contributed by atoms with van der Waals surface area (Å²) in [7, 11) is 2.92. The predicted octanol–water partition coefficient (Wildman–Crippen LogP) is 5.93. The molecule has 0 amide bonds. The number of hydrogen-bond donors (Lipinski definition) is 1. The molecule has 0 aliphatic rings. The van der Waals surface area contributed by atoms with Gasteiger partial charge in [-0.15, -0.1) is 0 Å². The molecule has 212 valence electrons. The first-order valence-corrected chi connectivity index (χ1v) is 12.4. The fraction of sp³-hybridized carbons (Fsp3) is 0.214. The molecule has 3 aromatic heterocycles. The third-order valence-electron chi connectivity index (χ3n) is 6.09. The van der Waals surface area contributed by atoms with Crippen molar-refractivity contribution in [1.82, 2.24) is 24.7 Å². The molecule has 0 bridgehead atoms. The molecule has 13 heteroatoms. The molecule has 0 aliphatic heterocycles. The van der Waals surface area contributed by atoms with Crippen molar-refractivity contribution in [2.24, 2.45) is 0 Å². The minimum atomic E-state index is -2.75. The first-order chi connectivity index (χ1) is 19.9. The second-order valence-electron chi connectivity index (χ2n) is 8.74. The summed E-state index contributed by atoms with van der Waals surface area (Å²) in [6.45, 7) is 0.206. The summed E-state index contributed by atoms with van der Waals surface area (Å²) in [5.41, 5.74) is 0.645. The Kier molecular flexibility index (Phi) is 8.24. The van der Waals surface area contributed by atoms with E-state index in [9.17, 15) is 17.6 Å². The van der Waals surface area contributed by atoms with Crippen LogP contribution >= 0.6 is 0 Å². The number of hydrogen-bond acceptors (Lipinski definition) is 8. The third-order valence-corrected chi connectivity index (χ3v) is 6.09. The van der Waals surface area contributed by atoms with E-state index < -0.39 is 23.8 Å². The number of pyridine rings is 1. The maximum absolute atomic E-state index is 15.0. The highest BCUT2D eigenvalue weighted by molar-refractivity contribution is 5.92. The average molecular weight is 569 g/mol. The molecule has 41 heavy (non-hydrogen) atoms. The van der Waals surface area contributed by atoms with Gasteiger partial charge >= 0.3 is 0 Å². The Morgan fingerprint density at radius 1 is 0.976 bits per heavy atom. The van der Waals surface area contributed by atoms with Gasteiger partial charge in [0.2, 0.25) is 0 Å². The number of nitrogens with one attached hydrogen (secondary N) is 1. The van der Waals surface area contributed by atoms with Crippen molar-refractivity contribution < 1.29 is 31.8 Å². The van der Waals surface area contributed by atoms with Gasteiger partial charge in [0.05, 0.1) is 32.0 Å². The first kappa shape index (κ1) is 27.8. The zero-order valence-electron chi connectivity index (χ0n) is 21.9. The van der Waals surface area contributed by atoms with Crippen molar-refractivity contribution in [2.45, 2.75) is 13.0 Å². The summed E-state index contributed by atoms with van der Waals surface area (Å²) in [4.78, 5) is 12.6. The van der Waals surface area contributed by atoms with Crippen LogP contribution in [0.4, 0.5) is 29.1 Å². The largest absolute Gasteiger partial charge is 0.491 e. The Balaban J connectivity index is 1.50. The molecular formula is C28H24F4N6O3. The third kappa shape index (κ3) is 6.04. The SMILES string of the molecule is COCCOc1cc(F)c(Cn2nc(-c3ncc(OC)c(Nc4ccnc(C(F)F)c4)n3)c3ccccc32)c(F)c1. The number of anilines is 2. The van der Waals surface area contributed by atoms with Crippen molar-refractivity contribution in [2.75, 3.05) is 32.8 Å². The molecule has 0 saturated heterocycles. The van der Waals surface area contributed by atoms with E-state index in [4.69, 9.17) is 14.2 Å². The van der Waals surface area contributed by atoms with E-state index in [1.54, 1.807) is 24.3 Å². The first-order valence-electron chi connectivity index (χ1n) is 12.4. The molecule has 5 aromatic rings. The Bertz CT molecular complexity index is 1660. The van der Waals surface area contributed by atoms with E-state index in [0.29, 0.717) is 22.3 Å². The molecular weight excluding hydrogens is 544 g/mol. The van der Waals surface area contributed by atoms with Crippen LogP contribution in [-0.4, -0.2) is 52.2 Å². The summed E-state index contributed by atoms with van der Waals surface area (Å²) in [5, 5.41) is 8.19. The maximum atomic E-state index is 15.0. The molecule has 0 spiro atoms. The molecule has 3 heterocycles. The number of halogens is 4. The van der Waals surface area contributed by atoms with Crippen molar-refractivity contribution in [3.05, 3.63) is 83.8 Å². The van der Waals surface area contributed by atoms with Crippen LogP contribution in [-0.2, 0) is 11.3 Å². The molecule has 0 saturated carbocycles. The number of para-hydroxylation sites is 1. The second-order valence-corrected chi connectivity index (χ2v) is 8.74. The molecule has 1 N–H and O–H groups in total. The Labute approximate surface area is 231 Å². The topological polar surface area (TPSA) is 96.2 Å². The number of rotatable bonds is 11. The highest BCUT2D eigenvalue weighted by Crippen LogP contribution is 2.32. The number of nitrogens with zero attached hydrogens (tertiary/aromatic N) is 5. The van der Waals surface area contributed by atoms with E-state index in [1.807, 2.05) is 0 Å². The summed E-state index contributed by atoms with van der Waals surface area (Å²) < 4.78 is 73.3. The minimum Gasteiger partial charge on any atom is -0.491 e. The maximum Gasteiger partial charge on any atom is 0.280 e. The molecule has 0 fully saturated rings. The van der Waals surface area contributed by atoms with Gasteiger partial charge in [-0.05, 0) is 18.2 Å². The lowest BCUT2D eigenvalue weighted by atomic mass is 10.1. The number of methoxy groups -OCH3 is 2. The van der Waals surface area contributed by atoms with Crippen LogP contribution in [0.15, 0.2) is 60.9 Å². The Morgan fingerprint density at radius 3 is 2.49 bits per heavy atom. The van der Waals surface area contributed by atoms with Gasteiger partial charge in [-0.1, -0.05) is 18.2 Å². The predicted molar refractivity (Wildman–Crippen MR) is 143 cm³/mol. The van der Waals surface area contributed by atoms with Gasteiger partial charge in [-0.2, -0.15) is 5.10 Å². The summed E-state index contributed by atoms with van der Waals surface area (Å²) in [5.74, 6) is -0.895. The van der Waals surface area contributed by atoms with Crippen molar-refractivity contribution in [3.63, 3.8) is 0 Å². The number of aromatic nitrogens is 5. The normalized spacial score (nSPS) is 11.3. The molecule has 9 nitrogen and oxygen atoms in total. The van der Waals surface area contributed by atoms with Gasteiger partial charge in [-0.25, -0.2) is 27.5 Å². The van der Waals surface area contributed by atoms with Crippen LogP contribution in [0.2, 0.25) is 0 Å². The lowest BCUT2D eigenvalue weighted by Crippen LogP contribution is -2.09.